The van der Waals surface area contributed by atoms with E-state index in [-0.39, 0.29) is 11.3 Å². The Bertz CT molecular complexity index is 1290. The molecule has 5 rings (SSSR count). The van der Waals surface area contributed by atoms with Gasteiger partial charge in [-0.3, -0.25) is 9.89 Å². The van der Waals surface area contributed by atoms with E-state index < -0.39 is 17.5 Å². The normalized spacial score (nSPS) is 12.7. The zero-order valence-corrected chi connectivity index (χ0v) is 15.5. The quantitative estimate of drug-likeness (QED) is 0.523. The van der Waals surface area contributed by atoms with Gasteiger partial charge in [0.25, 0.3) is 5.91 Å². The van der Waals surface area contributed by atoms with Crippen LogP contribution in [-0.2, 0) is 0 Å². The van der Waals surface area contributed by atoms with Crippen LogP contribution < -0.4 is 14.8 Å². The van der Waals surface area contributed by atoms with Gasteiger partial charge in [-0.2, -0.15) is 5.10 Å². The fraction of sp³-hybridized carbons (Fsp3) is 0.0909. The molecule has 2 N–H and O–H groups in total. The van der Waals surface area contributed by atoms with Crippen molar-refractivity contribution in [1.29, 1.82) is 0 Å². The molecule has 0 atom stereocenters. The number of hydrogen-bond donors (Lipinski definition) is 2. The lowest BCUT2D eigenvalue weighted by atomic mass is 10.0. The number of nitrogens with one attached hydrogen (secondary N) is 2. The van der Waals surface area contributed by atoms with Gasteiger partial charge in [0.15, 0.2) is 28.8 Å². The lowest BCUT2D eigenvalue weighted by molar-refractivity contribution is 0.102. The van der Waals surface area contributed by atoms with Crippen LogP contribution >= 0.6 is 0 Å². The maximum absolute atomic E-state index is 14.2. The van der Waals surface area contributed by atoms with Gasteiger partial charge in [0.05, 0.1) is 5.52 Å². The largest absolute Gasteiger partial charge is 0.486 e. The molecule has 1 aliphatic heterocycles. The van der Waals surface area contributed by atoms with Crippen LogP contribution in [0.5, 0.6) is 11.5 Å². The van der Waals surface area contributed by atoms with Crippen LogP contribution in [0.4, 0.5) is 14.5 Å². The number of amides is 1. The Labute approximate surface area is 169 Å². The van der Waals surface area contributed by atoms with Crippen molar-refractivity contribution in [2.24, 2.45) is 0 Å². The topological polar surface area (TPSA) is 76.2 Å². The van der Waals surface area contributed by atoms with E-state index in [2.05, 4.69) is 15.5 Å². The zero-order chi connectivity index (χ0) is 20.7. The minimum absolute atomic E-state index is 0.108. The molecule has 150 valence electrons. The Balaban J connectivity index is 1.48. The number of carbonyl (C=O) groups excluding carboxylic acids is 1. The van der Waals surface area contributed by atoms with E-state index in [9.17, 15) is 13.6 Å². The van der Waals surface area contributed by atoms with Crippen molar-refractivity contribution in [3.05, 3.63) is 71.9 Å². The van der Waals surface area contributed by atoms with Crippen LogP contribution in [-0.4, -0.2) is 29.3 Å². The second-order valence-corrected chi connectivity index (χ2v) is 6.75. The highest BCUT2D eigenvalue weighted by Gasteiger charge is 2.18. The van der Waals surface area contributed by atoms with Gasteiger partial charge in [-0.05, 0) is 35.9 Å². The summed E-state index contributed by atoms with van der Waals surface area (Å²) in [6.07, 6.45) is 0. The van der Waals surface area contributed by atoms with Crippen molar-refractivity contribution in [2.75, 3.05) is 18.5 Å². The molecule has 0 saturated carbocycles. The summed E-state index contributed by atoms with van der Waals surface area (Å²) < 4.78 is 38.8. The lowest BCUT2D eigenvalue weighted by Gasteiger charge is -2.18. The summed E-state index contributed by atoms with van der Waals surface area (Å²) in [5.41, 5.74) is 1.81. The van der Waals surface area contributed by atoms with E-state index in [4.69, 9.17) is 9.47 Å². The second-order valence-electron chi connectivity index (χ2n) is 6.75. The first-order valence-corrected chi connectivity index (χ1v) is 9.23. The number of rotatable bonds is 3. The van der Waals surface area contributed by atoms with Gasteiger partial charge in [-0.1, -0.05) is 18.2 Å². The van der Waals surface area contributed by atoms with Crippen molar-refractivity contribution in [3.8, 4) is 22.6 Å². The molecule has 6 nitrogen and oxygen atoms in total. The number of nitrogens with zero attached hydrogens (tertiary/aromatic N) is 1. The van der Waals surface area contributed by atoms with E-state index in [1.807, 2.05) is 0 Å². The highest BCUT2D eigenvalue weighted by atomic mass is 19.2. The molecular weight excluding hydrogens is 392 g/mol. The first-order chi connectivity index (χ1) is 14.6. The van der Waals surface area contributed by atoms with E-state index in [1.54, 1.807) is 36.4 Å². The lowest BCUT2D eigenvalue weighted by Crippen LogP contribution is -2.16. The summed E-state index contributed by atoms with van der Waals surface area (Å²) in [5.74, 6) is -1.16. The number of hydrogen-bond acceptors (Lipinski definition) is 4. The van der Waals surface area contributed by atoms with Crippen LogP contribution in [0, 0.1) is 11.6 Å². The van der Waals surface area contributed by atoms with Crippen molar-refractivity contribution in [1.82, 2.24) is 10.2 Å². The van der Waals surface area contributed by atoms with Crippen molar-refractivity contribution >= 4 is 22.5 Å². The van der Waals surface area contributed by atoms with Gasteiger partial charge in [-0.15, -0.1) is 0 Å². The van der Waals surface area contributed by atoms with Gasteiger partial charge in [-0.25, -0.2) is 8.78 Å². The molecule has 0 spiro atoms. The van der Waals surface area contributed by atoms with Crippen LogP contribution in [0.25, 0.3) is 22.0 Å². The zero-order valence-electron chi connectivity index (χ0n) is 15.5. The highest BCUT2D eigenvalue weighted by molar-refractivity contribution is 6.11. The number of aromatic amines is 1. The molecule has 3 aromatic carbocycles. The first kappa shape index (κ1) is 18.1. The number of carbonyl (C=O) groups is 1. The molecule has 30 heavy (non-hydrogen) atoms. The number of fused-ring (bicyclic) bond motifs is 2. The Hall–Kier alpha value is -3.94. The Kier molecular flexibility index (Phi) is 4.31. The number of halogens is 2. The molecule has 0 bridgehead atoms. The minimum atomic E-state index is -0.942. The third kappa shape index (κ3) is 3.12. The maximum Gasteiger partial charge on any atom is 0.276 e. The monoisotopic (exact) mass is 407 g/mol. The summed E-state index contributed by atoms with van der Waals surface area (Å²) in [5, 5.41) is 10.1. The van der Waals surface area contributed by atoms with Gasteiger partial charge in [0, 0.05) is 22.7 Å². The molecule has 0 aliphatic carbocycles. The Morgan fingerprint density at radius 1 is 1.00 bits per heavy atom. The molecule has 2 heterocycles. The van der Waals surface area contributed by atoms with Gasteiger partial charge >= 0.3 is 0 Å². The average molecular weight is 407 g/mol. The van der Waals surface area contributed by atoms with Crippen LogP contribution in [0.1, 0.15) is 10.5 Å². The van der Waals surface area contributed by atoms with Gasteiger partial charge in [0.1, 0.15) is 13.2 Å². The first-order valence-electron chi connectivity index (χ1n) is 9.23. The fourth-order valence-corrected chi connectivity index (χ4v) is 3.39. The highest BCUT2D eigenvalue weighted by Crippen LogP contribution is 2.33. The smallest absolute Gasteiger partial charge is 0.276 e. The number of H-pyrrole nitrogens is 1. The molecule has 1 amide bonds. The standard InChI is InChI=1S/C22H15F2N3O3/c23-16-3-1-2-14(20(16)24)12-4-6-17-15(10-12)21(27-26-17)22(28)25-13-5-7-18-19(11-13)30-9-8-29-18/h1-7,10-11H,8-9H2,(H,25,28)(H,26,27). The summed E-state index contributed by atoms with van der Waals surface area (Å²) >= 11 is 0. The predicted octanol–water partition coefficient (Wildman–Crippen LogP) is 4.53. The predicted molar refractivity (Wildman–Crippen MR) is 107 cm³/mol. The SMILES string of the molecule is O=C(Nc1ccc2c(c1)OCCO2)c1n[nH]c2ccc(-c3cccc(F)c3F)cc12. The molecule has 8 heteroatoms. The summed E-state index contributed by atoms with van der Waals surface area (Å²) in [4.78, 5) is 12.8. The molecule has 1 aromatic heterocycles. The minimum Gasteiger partial charge on any atom is -0.486 e. The fourth-order valence-electron chi connectivity index (χ4n) is 3.39. The molecule has 0 fully saturated rings. The molecule has 0 unspecified atom stereocenters. The molecular formula is C22H15F2N3O3. The van der Waals surface area contributed by atoms with Crippen LogP contribution in [0.2, 0.25) is 0 Å². The van der Waals surface area contributed by atoms with E-state index in [0.29, 0.717) is 46.9 Å². The third-order valence-electron chi connectivity index (χ3n) is 4.84. The number of benzene rings is 3. The molecule has 4 aromatic rings. The number of aromatic nitrogens is 2. The van der Waals surface area contributed by atoms with Crippen molar-refractivity contribution in [2.45, 2.75) is 0 Å². The molecule has 0 radical (unpaired) electrons. The summed E-state index contributed by atoms with van der Waals surface area (Å²) in [6, 6.07) is 14.0. The van der Waals surface area contributed by atoms with Crippen LogP contribution in [0.3, 0.4) is 0 Å². The maximum atomic E-state index is 14.2. The van der Waals surface area contributed by atoms with E-state index in [1.165, 1.54) is 12.1 Å². The average Bonchev–Trinajstić information content (AvgIpc) is 3.19. The molecule has 1 aliphatic rings. The summed E-state index contributed by atoms with van der Waals surface area (Å²) in [6.45, 7) is 0.917. The van der Waals surface area contributed by atoms with E-state index in [0.717, 1.165) is 6.07 Å². The second kappa shape index (κ2) is 7.14. The van der Waals surface area contributed by atoms with Crippen LogP contribution in [0.15, 0.2) is 54.6 Å². The third-order valence-corrected chi connectivity index (χ3v) is 4.84. The van der Waals surface area contributed by atoms with Gasteiger partial charge < -0.3 is 14.8 Å². The van der Waals surface area contributed by atoms with E-state index >= 15 is 0 Å². The van der Waals surface area contributed by atoms with Gasteiger partial charge in [0.2, 0.25) is 0 Å². The number of ether oxygens (including phenoxy) is 2. The Morgan fingerprint density at radius 2 is 1.83 bits per heavy atom. The number of anilines is 1. The van der Waals surface area contributed by atoms with Crippen molar-refractivity contribution in [3.63, 3.8) is 0 Å². The Morgan fingerprint density at radius 3 is 2.70 bits per heavy atom. The van der Waals surface area contributed by atoms with Crippen molar-refractivity contribution < 1.29 is 23.0 Å². The summed E-state index contributed by atoms with van der Waals surface area (Å²) in [7, 11) is 0. The molecule has 0 saturated heterocycles.